The molecule has 0 bridgehead atoms. The molecule has 2 nitrogen and oxygen atoms in total. The lowest BCUT2D eigenvalue weighted by Gasteiger charge is -2.10. The van der Waals surface area contributed by atoms with Crippen molar-refractivity contribution in [1.82, 2.24) is 0 Å². The van der Waals surface area contributed by atoms with Crippen molar-refractivity contribution >= 4 is 5.97 Å². The van der Waals surface area contributed by atoms with Crippen molar-refractivity contribution in [2.75, 3.05) is 7.11 Å². The first-order valence-electron chi connectivity index (χ1n) is 8.19. The second kappa shape index (κ2) is 12.5. The van der Waals surface area contributed by atoms with Gasteiger partial charge in [0.15, 0.2) is 0 Å². The molecule has 0 aliphatic heterocycles. The molecule has 0 unspecified atom stereocenters. The molecule has 0 saturated carbocycles. The number of methoxy groups -OCH3 is 1. The highest BCUT2D eigenvalue weighted by molar-refractivity contribution is 5.71. The number of unbranched alkanes of at least 4 members (excludes halogenated alkanes) is 5. The van der Waals surface area contributed by atoms with Gasteiger partial charge in [-0.1, -0.05) is 78.6 Å². The lowest BCUT2D eigenvalue weighted by molar-refractivity contribution is -0.145. The predicted octanol–water partition coefficient (Wildman–Crippen LogP) is 5.35. The Bertz CT molecular complexity index is 213. The van der Waals surface area contributed by atoms with Crippen molar-refractivity contribution < 1.29 is 9.53 Å². The van der Waals surface area contributed by atoms with E-state index in [9.17, 15) is 4.79 Å². The Labute approximate surface area is 120 Å². The molecule has 0 radical (unpaired) electrons. The first-order chi connectivity index (χ1) is 9.11. The van der Waals surface area contributed by atoms with Crippen molar-refractivity contribution in [2.24, 2.45) is 11.8 Å². The van der Waals surface area contributed by atoms with Crippen molar-refractivity contribution in [1.29, 1.82) is 0 Å². The first-order valence-corrected chi connectivity index (χ1v) is 8.19. The maximum Gasteiger partial charge on any atom is 0.308 e. The molecule has 0 heterocycles. The van der Waals surface area contributed by atoms with E-state index < -0.39 is 0 Å². The summed E-state index contributed by atoms with van der Waals surface area (Å²) in [6.45, 7) is 6.60. The summed E-state index contributed by atoms with van der Waals surface area (Å²) < 4.78 is 4.73. The van der Waals surface area contributed by atoms with Crippen molar-refractivity contribution in [3.05, 3.63) is 0 Å². The molecule has 2 atom stereocenters. The smallest absolute Gasteiger partial charge is 0.308 e. The highest BCUT2D eigenvalue weighted by Gasteiger charge is 2.11. The van der Waals surface area contributed by atoms with Crippen molar-refractivity contribution in [2.45, 2.75) is 85.0 Å². The number of hydrogen-bond donors (Lipinski definition) is 0. The van der Waals surface area contributed by atoms with E-state index in [0.29, 0.717) is 0 Å². The molecule has 0 rings (SSSR count). The molecule has 114 valence electrons. The Balaban J connectivity index is 3.25. The van der Waals surface area contributed by atoms with Gasteiger partial charge >= 0.3 is 5.97 Å². The molecule has 0 aromatic carbocycles. The average Bonchev–Trinajstić information content (AvgIpc) is 2.40. The van der Waals surface area contributed by atoms with E-state index in [1.54, 1.807) is 0 Å². The molecule has 0 saturated heterocycles. The van der Waals surface area contributed by atoms with Gasteiger partial charge in [-0.3, -0.25) is 4.79 Å². The summed E-state index contributed by atoms with van der Waals surface area (Å²) in [5.41, 5.74) is 0. The van der Waals surface area contributed by atoms with Crippen LogP contribution in [0.4, 0.5) is 0 Å². The zero-order valence-electron chi connectivity index (χ0n) is 13.5. The quantitative estimate of drug-likeness (QED) is 0.353. The van der Waals surface area contributed by atoms with Gasteiger partial charge in [0, 0.05) is 0 Å². The minimum atomic E-state index is -0.0649. The van der Waals surface area contributed by atoms with Gasteiger partial charge in [0.1, 0.15) is 0 Å². The SMILES string of the molecule is CCC[C@H](C)CCCCCCCC[C@@H](C)C(=O)OC. The van der Waals surface area contributed by atoms with Crippen LogP contribution in [-0.4, -0.2) is 13.1 Å². The molecule has 0 N–H and O–H groups in total. The van der Waals surface area contributed by atoms with Crippen LogP contribution in [0.3, 0.4) is 0 Å². The van der Waals surface area contributed by atoms with Crippen LogP contribution < -0.4 is 0 Å². The van der Waals surface area contributed by atoms with Crippen molar-refractivity contribution in [3.8, 4) is 0 Å². The molecular formula is C17H34O2. The zero-order chi connectivity index (χ0) is 14.5. The number of carbonyl (C=O) groups is 1. The average molecular weight is 270 g/mol. The van der Waals surface area contributed by atoms with E-state index in [1.165, 1.54) is 58.5 Å². The summed E-state index contributed by atoms with van der Waals surface area (Å²) in [5, 5.41) is 0. The normalized spacial score (nSPS) is 14.1. The van der Waals surface area contributed by atoms with Crippen LogP contribution in [0.2, 0.25) is 0 Å². The van der Waals surface area contributed by atoms with E-state index in [4.69, 9.17) is 4.74 Å². The number of carbonyl (C=O) groups excluding carboxylic acids is 1. The largest absolute Gasteiger partial charge is 0.469 e. The Morgan fingerprint density at radius 3 is 1.95 bits per heavy atom. The number of ether oxygens (including phenoxy) is 1. The van der Waals surface area contributed by atoms with E-state index in [-0.39, 0.29) is 11.9 Å². The lowest BCUT2D eigenvalue weighted by Crippen LogP contribution is -2.12. The molecule has 0 amide bonds. The topological polar surface area (TPSA) is 26.3 Å². The van der Waals surface area contributed by atoms with Crippen LogP contribution in [0, 0.1) is 11.8 Å². The van der Waals surface area contributed by atoms with Gasteiger partial charge in [-0.15, -0.1) is 0 Å². The number of esters is 1. The van der Waals surface area contributed by atoms with E-state index in [1.807, 2.05) is 6.92 Å². The van der Waals surface area contributed by atoms with Gasteiger partial charge in [0.05, 0.1) is 13.0 Å². The predicted molar refractivity (Wildman–Crippen MR) is 82.2 cm³/mol. The van der Waals surface area contributed by atoms with E-state index >= 15 is 0 Å². The van der Waals surface area contributed by atoms with Gasteiger partial charge in [0.25, 0.3) is 0 Å². The summed E-state index contributed by atoms with van der Waals surface area (Å²) in [6, 6.07) is 0. The van der Waals surface area contributed by atoms with Gasteiger partial charge < -0.3 is 4.74 Å². The molecule has 0 aliphatic carbocycles. The third-order valence-corrected chi connectivity index (χ3v) is 3.97. The molecule has 2 heteroatoms. The highest BCUT2D eigenvalue weighted by atomic mass is 16.5. The Kier molecular flexibility index (Phi) is 12.2. The molecule has 0 aromatic rings. The highest BCUT2D eigenvalue weighted by Crippen LogP contribution is 2.17. The molecule has 19 heavy (non-hydrogen) atoms. The Hall–Kier alpha value is -0.530. The third-order valence-electron chi connectivity index (χ3n) is 3.97. The minimum Gasteiger partial charge on any atom is -0.469 e. The molecular weight excluding hydrogens is 236 g/mol. The zero-order valence-corrected chi connectivity index (χ0v) is 13.5. The maximum absolute atomic E-state index is 11.2. The van der Waals surface area contributed by atoms with Crippen molar-refractivity contribution in [3.63, 3.8) is 0 Å². The second-order valence-corrected chi connectivity index (χ2v) is 6.02. The lowest BCUT2D eigenvalue weighted by atomic mass is 9.97. The van der Waals surface area contributed by atoms with E-state index in [2.05, 4.69) is 13.8 Å². The summed E-state index contributed by atoms with van der Waals surface area (Å²) in [4.78, 5) is 11.2. The summed E-state index contributed by atoms with van der Waals surface area (Å²) in [5.74, 6) is 0.913. The fourth-order valence-corrected chi connectivity index (χ4v) is 2.61. The van der Waals surface area contributed by atoms with Crippen LogP contribution in [0.5, 0.6) is 0 Å². The van der Waals surface area contributed by atoms with Crippen LogP contribution in [0.25, 0.3) is 0 Å². The van der Waals surface area contributed by atoms with Gasteiger partial charge in [0.2, 0.25) is 0 Å². The monoisotopic (exact) mass is 270 g/mol. The van der Waals surface area contributed by atoms with Crippen LogP contribution in [0.1, 0.15) is 85.0 Å². The third kappa shape index (κ3) is 11.0. The summed E-state index contributed by atoms with van der Waals surface area (Å²) in [7, 11) is 1.47. The summed E-state index contributed by atoms with van der Waals surface area (Å²) in [6.07, 6.45) is 12.9. The first kappa shape index (κ1) is 18.5. The van der Waals surface area contributed by atoms with E-state index in [0.717, 1.165) is 18.8 Å². The molecule has 0 fully saturated rings. The number of hydrogen-bond acceptors (Lipinski definition) is 2. The maximum atomic E-state index is 11.2. The fraction of sp³-hybridized carbons (Fsp3) is 0.941. The van der Waals surface area contributed by atoms with Gasteiger partial charge in [-0.05, 0) is 12.3 Å². The molecule has 0 spiro atoms. The Morgan fingerprint density at radius 2 is 1.42 bits per heavy atom. The standard InChI is InChI=1S/C17H34O2/c1-5-12-15(2)13-10-8-6-7-9-11-14-16(3)17(18)19-4/h15-16H,5-14H2,1-4H3/t15-,16+/m0/s1. The minimum absolute atomic E-state index is 0.0649. The van der Waals surface area contributed by atoms with Crippen LogP contribution in [-0.2, 0) is 9.53 Å². The second-order valence-electron chi connectivity index (χ2n) is 6.02. The molecule has 0 aliphatic rings. The fourth-order valence-electron chi connectivity index (χ4n) is 2.61. The van der Waals surface area contributed by atoms with Crippen LogP contribution in [0.15, 0.2) is 0 Å². The van der Waals surface area contributed by atoms with Gasteiger partial charge in [-0.25, -0.2) is 0 Å². The molecule has 0 aromatic heterocycles. The summed E-state index contributed by atoms with van der Waals surface area (Å²) >= 11 is 0. The Morgan fingerprint density at radius 1 is 0.895 bits per heavy atom. The van der Waals surface area contributed by atoms with Gasteiger partial charge in [-0.2, -0.15) is 0 Å². The van der Waals surface area contributed by atoms with Crippen LogP contribution >= 0.6 is 0 Å². The number of rotatable bonds is 12.